The summed E-state index contributed by atoms with van der Waals surface area (Å²) in [6, 6.07) is 9.35. The average Bonchev–Trinajstić information content (AvgIpc) is 2.14. The van der Waals surface area contributed by atoms with Crippen LogP contribution in [0.15, 0.2) is 30.3 Å². The van der Waals surface area contributed by atoms with E-state index >= 15 is 0 Å². The maximum absolute atomic E-state index is 9.42. The van der Waals surface area contributed by atoms with Gasteiger partial charge in [0.05, 0.1) is 5.60 Å². The number of hydrogen-bond donors (Lipinski definition) is 2. The van der Waals surface area contributed by atoms with E-state index in [0.29, 0.717) is 0 Å². The van der Waals surface area contributed by atoms with Gasteiger partial charge >= 0.3 is 0 Å². The number of aliphatic hydroxyl groups is 2. The van der Waals surface area contributed by atoms with E-state index in [1.807, 2.05) is 30.3 Å². The van der Waals surface area contributed by atoms with Gasteiger partial charge in [0.25, 0.3) is 0 Å². The molecule has 1 rings (SSSR count). The lowest BCUT2D eigenvalue weighted by Gasteiger charge is -2.19. The van der Waals surface area contributed by atoms with Crippen LogP contribution in [0.5, 0.6) is 0 Å². The minimum Gasteiger partial charge on any atom is -0.387 e. The fourth-order valence-corrected chi connectivity index (χ4v) is 0.850. The molecule has 0 aliphatic rings. The Labute approximate surface area is 84.2 Å². The van der Waals surface area contributed by atoms with Crippen LogP contribution >= 0.6 is 0 Å². The van der Waals surface area contributed by atoms with Gasteiger partial charge in [0.2, 0.25) is 0 Å². The molecular formula is C12H14O2. The Morgan fingerprint density at radius 2 is 1.79 bits per heavy atom. The first-order chi connectivity index (χ1) is 6.50. The van der Waals surface area contributed by atoms with Gasteiger partial charge in [-0.1, -0.05) is 30.0 Å². The van der Waals surface area contributed by atoms with Crippen LogP contribution in [0.1, 0.15) is 19.4 Å². The molecule has 14 heavy (non-hydrogen) atoms. The second-order valence-electron chi connectivity index (χ2n) is 3.69. The molecule has 0 amide bonds. The molecule has 0 aromatic heterocycles. The quantitative estimate of drug-likeness (QED) is 0.653. The van der Waals surface area contributed by atoms with E-state index in [4.69, 9.17) is 0 Å². The number of benzene rings is 1. The highest BCUT2D eigenvalue weighted by Crippen LogP contribution is 2.07. The highest BCUT2D eigenvalue weighted by molar-refractivity contribution is 5.34. The highest BCUT2D eigenvalue weighted by atomic mass is 16.3. The highest BCUT2D eigenvalue weighted by Gasteiger charge is 2.21. The van der Waals surface area contributed by atoms with Gasteiger partial charge in [-0.2, -0.15) is 0 Å². The van der Waals surface area contributed by atoms with Crippen LogP contribution in [-0.4, -0.2) is 21.9 Å². The molecule has 1 unspecified atom stereocenters. The molecule has 0 saturated heterocycles. The van der Waals surface area contributed by atoms with E-state index in [2.05, 4.69) is 11.8 Å². The van der Waals surface area contributed by atoms with Crippen molar-refractivity contribution in [1.29, 1.82) is 0 Å². The van der Waals surface area contributed by atoms with Crippen molar-refractivity contribution in [3.05, 3.63) is 35.9 Å². The van der Waals surface area contributed by atoms with Crippen molar-refractivity contribution in [2.75, 3.05) is 0 Å². The normalized spacial score (nSPS) is 12.9. The second-order valence-corrected chi connectivity index (χ2v) is 3.69. The van der Waals surface area contributed by atoms with E-state index in [1.165, 1.54) is 13.8 Å². The molecule has 0 fully saturated rings. The maximum Gasteiger partial charge on any atom is 0.143 e. The lowest BCUT2D eigenvalue weighted by Crippen LogP contribution is -2.34. The summed E-state index contributed by atoms with van der Waals surface area (Å²) in [6.45, 7) is 3.05. The molecule has 0 spiro atoms. The molecule has 2 N–H and O–H groups in total. The van der Waals surface area contributed by atoms with Crippen molar-refractivity contribution < 1.29 is 10.2 Å². The van der Waals surface area contributed by atoms with Crippen LogP contribution in [0.4, 0.5) is 0 Å². The Balaban J connectivity index is 2.74. The van der Waals surface area contributed by atoms with Gasteiger partial charge in [-0.3, -0.25) is 0 Å². The van der Waals surface area contributed by atoms with Crippen molar-refractivity contribution in [3.63, 3.8) is 0 Å². The molecule has 1 atom stereocenters. The van der Waals surface area contributed by atoms with E-state index in [1.54, 1.807) is 0 Å². The minimum atomic E-state index is -1.18. The summed E-state index contributed by atoms with van der Waals surface area (Å²) >= 11 is 0. The first kappa shape index (κ1) is 10.8. The van der Waals surface area contributed by atoms with Crippen molar-refractivity contribution in [1.82, 2.24) is 0 Å². The first-order valence-electron chi connectivity index (χ1n) is 4.47. The molecule has 2 heteroatoms. The molecule has 0 aliphatic heterocycles. The second kappa shape index (κ2) is 4.28. The lowest BCUT2D eigenvalue weighted by atomic mass is 10.0. The predicted octanol–water partition coefficient (Wildman–Crippen LogP) is 1.17. The van der Waals surface area contributed by atoms with E-state index in [9.17, 15) is 10.2 Å². The Morgan fingerprint density at radius 1 is 1.21 bits per heavy atom. The lowest BCUT2D eigenvalue weighted by molar-refractivity contribution is -0.0177. The molecule has 0 heterocycles. The van der Waals surface area contributed by atoms with Crippen LogP contribution in [0.25, 0.3) is 0 Å². The molecule has 1 aromatic rings. The molecule has 0 radical (unpaired) electrons. The van der Waals surface area contributed by atoms with Crippen LogP contribution in [0, 0.1) is 11.8 Å². The Bertz CT molecular complexity index is 338. The van der Waals surface area contributed by atoms with Crippen LogP contribution in [-0.2, 0) is 0 Å². The predicted molar refractivity (Wildman–Crippen MR) is 55.6 cm³/mol. The molecular weight excluding hydrogens is 176 g/mol. The zero-order valence-electron chi connectivity index (χ0n) is 8.36. The summed E-state index contributed by atoms with van der Waals surface area (Å²) in [4.78, 5) is 0. The van der Waals surface area contributed by atoms with Gasteiger partial charge in [-0.25, -0.2) is 0 Å². The van der Waals surface area contributed by atoms with E-state index < -0.39 is 11.7 Å². The van der Waals surface area contributed by atoms with Gasteiger partial charge < -0.3 is 10.2 Å². The minimum absolute atomic E-state index is 0.829. The topological polar surface area (TPSA) is 40.5 Å². The molecule has 2 nitrogen and oxygen atoms in total. The monoisotopic (exact) mass is 190 g/mol. The zero-order valence-corrected chi connectivity index (χ0v) is 8.36. The van der Waals surface area contributed by atoms with E-state index in [-0.39, 0.29) is 0 Å². The standard InChI is InChI=1S/C12H14O2/c1-12(2,14)11(13)9-8-10-6-4-3-5-7-10/h3-7,11,13-14H,1-2H3. The summed E-state index contributed by atoms with van der Waals surface area (Å²) in [5.41, 5.74) is -0.349. The summed E-state index contributed by atoms with van der Waals surface area (Å²) in [6.07, 6.45) is -1.03. The van der Waals surface area contributed by atoms with Crippen molar-refractivity contribution in [3.8, 4) is 11.8 Å². The Kier molecular flexibility index (Phi) is 3.29. The van der Waals surface area contributed by atoms with Gasteiger partial charge in [-0.15, -0.1) is 0 Å². The smallest absolute Gasteiger partial charge is 0.143 e. The van der Waals surface area contributed by atoms with Gasteiger partial charge in [0.15, 0.2) is 0 Å². The van der Waals surface area contributed by atoms with Crippen molar-refractivity contribution >= 4 is 0 Å². The van der Waals surface area contributed by atoms with Crippen LogP contribution in [0.2, 0.25) is 0 Å². The first-order valence-corrected chi connectivity index (χ1v) is 4.47. The molecule has 0 saturated carbocycles. The maximum atomic E-state index is 9.42. The summed E-state index contributed by atoms with van der Waals surface area (Å²) in [5, 5.41) is 18.8. The van der Waals surface area contributed by atoms with Crippen molar-refractivity contribution in [2.45, 2.75) is 25.6 Å². The summed E-state index contributed by atoms with van der Waals surface area (Å²) in [7, 11) is 0. The molecule has 1 aromatic carbocycles. The fraction of sp³-hybridized carbons (Fsp3) is 0.333. The number of aliphatic hydroxyl groups excluding tert-OH is 1. The molecule has 0 bridgehead atoms. The largest absolute Gasteiger partial charge is 0.387 e. The third-order valence-electron chi connectivity index (χ3n) is 1.80. The van der Waals surface area contributed by atoms with Crippen LogP contribution in [0.3, 0.4) is 0 Å². The number of rotatable bonds is 1. The van der Waals surface area contributed by atoms with Gasteiger partial charge in [0.1, 0.15) is 6.10 Å². The van der Waals surface area contributed by atoms with Crippen LogP contribution < -0.4 is 0 Å². The Morgan fingerprint density at radius 3 is 2.29 bits per heavy atom. The SMILES string of the molecule is CC(C)(O)C(O)C#Cc1ccccc1. The average molecular weight is 190 g/mol. The van der Waals surface area contributed by atoms with Gasteiger partial charge in [0, 0.05) is 5.56 Å². The third-order valence-corrected chi connectivity index (χ3v) is 1.80. The Hall–Kier alpha value is -1.30. The van der Waals surface area contributed by atoms with Crippen molar-refractivity contribution in [2.24, 2.45) is 0 Å². The third kappa shape index (κ3) is 3.21. The van der Waals surface area contributed by atoms with E-state index in [0.717, 1.165) is 5.56 Å². The summed E-state index contributed by atoms with van der Waals surface area (Å²) < 4.78 is 0. The molecule has 0 aliphatic carbocycles. The van der Waals surface area contributed by atoms with Gasteiger partial charge in [-0.05, 0) is 26.0 Å². The zero-order chi connectivity index (χ0) is 10.6. The molecule has 74 valence electrons. The fourth-order valence-electron chi connectivity index (χ4n) is 0.850. The summed E-state index contributed by atoms with van der Waals surface area (Å²) in [5.74, 6) is 5.39. The number of hydrogen-bond acceptors (Lipinski definition) is 2.